The molecule has 9 heteroatoms. The highest BCUT2D eigenvalue weighted by Gasteiger charge is 2.34. The highest BCUT2D eigenvalue weighted by molar-refractivity contribution is 9.10. The van der Waals surface area contributed by atoms with Crippen LogP contribution in [0.5, 0.6) is 5.75 Å². The Morgan fingerprint density at radius 3 is 2.39 bits per heavy atom. The Kier molecular flexibility index (Phi) is 5.86. The van der Waals surface area contributed by atoms with Gasteiger partial charge in [-0.05, 0) is 60.3 Å². The van der Waals surface area contributed by atoms with Gasteiger partial charge in [0.25, 0.3) is 11.8 Å². The van der Waals surface area contributed by atoms with Crippen LogP contribution in [0.1, 0.15) is 5.56 Å². The SMILES string of the molecule is O=C(O)COc1ccc(/C=C2/C(=O)NC(=S)N(c3ccc(Br)cc3)C2=O)cc1. The molecule has 0 atom stereocenters. The lowest BCUT2D eigenvalue weighted by Crippen LogP contribution is -2.54. The van der Waals surface area contributed by atoms with Crippen molar-refractivity contribution in [3.63, 3.8) is 0 Å². The Morgan fingerprint density at radius 1 is 1.14 bits per heavy atom. The number of carboxylic acid groups (broad SMARTS) is 1. The fraction of sp³-hybridized carbons (Fsp3) is 0.0526. The second kappa shape index (κ2) is 8.32. The molecule has 0 aliphatic carbocycles. The van der Waals surface area contributed by atoms with E-state index >= 15 is 0 Å². The summed E-state index contributed by atoms with van der Waals surface area (Å²) in [5, 5.41) is 11.1. The van der Waals surface area contributed by atoms with E-state index in [1.807, 2.05) is 0 Å². The number of rotatable bonds is 5. The summed E-state index contributed by atoms with van der Waals surface area (Å²) >= 11 is 8.48. The second-order valence-electron chi connectivity index (χ2n) is 5.69. The van der Waals surface area contributed by atoms with Crippen molar-refractivity contribution < 1.29 is 24.2 Å². The Balaban J connectivity index is 1.86. The number of nitrogens with zero attached hydrogens (tertiary/aromatic N) is 1. The molecule has 142 valence electrons. The van der Waals surface area contributed by atoms with Crippen LogP contribution in [-0.2, 0) is 14.4 Å². The van der Waals surface area contributed by atoms with Gasteiger partial charge in [-0.25, -0.2) is 4.79 Å². The minimum Gasteiger partial charge on any atom is -0.482 e. The number of thiocarbonyl (C=S) groups is 1. The van der Waals surface area contributed by atoms with Crippen LogP contribution in [0.2, 0.25) is 0 Å². The van der Waals surface area contributed by atoms with Gasteiger partial charge < -0.3 is 9.84 Å². The van der Waals surface area contributed by atoms with E-state index in [1.54, 1.807) is 48.5 Å². The van der Waals surface area contributed by atoms with E-state index in [0.717, 1.165) is 4.47 Å². The number of nitrogens with one attached hydrogen (secondary N) is 1. The molecule has 2 N–H and O–H groups in total. The lowest BCUT2D eigenvalue weighted by Gasteiger charge is -2.29. The number of carboxylic acids is 1. The summed E-state index contributed by atoms with van der Waals surface area (Å²) in [6.45, 7) is -0.457. The highest BCUT2D eigenvalue weighted by atomic mass is 79.9. The summed E-state index contributed by atoms with van der Waals surface area (Å²) < 4.78 is 5.90. The van der Waals surface area contributed by atoms with E-state index in [0.29, 0.717) is 17.0 Å². The van der Waals surface area contributed by atoms with Crippen molar-refractivity contribution in [2.45, 2.75) is 0 Å². The number of hydrogen-bond donors (Lipinski definition) is 2. The Bertz CT molecular complexity index is 986. The van der Waals surface area contributed by atoms with Gasteiger partial charge in [0.1, 0.15) is 11.3 Å². The van der Waals surface area contributed by atoms with Crippen LogP contribution in [0.15, 0.2) is 58.6 Å². The highest BCUT2D eigenvalue weighted by Crippen LogP contribution is 2.24. The third-order valence-electron chi connectivity index (χ3n) is 3.74. The number of benzene rings is 2. The lowest BCUT2D eigenvalue weighted by atomic mass is 10.1. The normalized spacial score (nSPS) is 15.5. The van der Waals surface area contributed by atoms with E-state index in [-0.39, 0.29) is 10.7 Å². The van der Waals surface area contributed by atoms with Gasteiger partial charge in [0.2, 0.25) is 0 Å². The summed E-state index contributed by atoms with van der Waals surface area (Å²) in [5.74, 6) is -1.85. The zero-order valence-electron chi connectivity index (χ0n) is 14.2. The van der Waals surface area contributed by atoms with Crippen molar-refractivity contribution in [1.29, 1.82) is 0 Å². The average Bonchev–Trinajstić information content (AvgIpc) is 2.66. The van der Waals surface area contributed by atoms with Crippen LogP contribution in [0.3, 0.4) is 0 Å². The molecule has 0 saturated carbocycles. The minimum atomic E-state index is -1.08. The topological polar surface area (TPSA) is 95.9 Å². The van der Waals surface area contributed by atoms with Crippen molar-refractivity contribution >= 4 is 62.8 Å². The first-order chi connectivity index (χ1) is 13.3. The van der Waals surface area contributed by atoms with Crippen LogP contribution in [0, 0.1) is 0 Å². The third-order valence-corrected chi connectivity index (χ3v) is 4.55. The standard InChI is InChI=1S/C19H13BrN2O5S/c20-12-3-5-13(6-4-12)22-18(26)15(17(25)21-19(22)28)9-11-1-7-14(8-2-11)27-10-16(23)24/h1-9H,10H2,(H,23,24)(H,21,25,28)/b15-9-. The zero-order valence-corrected chi connectivity index (χ0v) is 16.6. The molecule has 2 aromatic carbocycles. The molecule has 7 nitrogen and oxygen atoms in total. The summed E-state index contributed by atoms with van der Waals surface area (Å²) in [6, 6.07) is 13.3. The van der Waals surface area contributed by atoms with Gasteiger partial charge in [0, 0.05) is 4.47 Å². The summed E-state index contributed by atoms with van der Waals surface area (Å²) in [7, 11) is 0. The third kappa shape index (κ3) is 4.44. The maximum Gasteiger partial charge on any atom is 0.341 e. The predicted molar refractivity (Wildman–Crippen MR) is 110 cm³/mol. The summed E-state index contributed by atoms with van der Waals surface area (Å²) in [4.78, 5) is 37.0. The first-order valence-corrected chi connectivity index (χ1v) is 9.17. The second-order valence-corrected chi connectivity index (χ2v) is 6.99. The number of carbonyl (C=O) groups excluding carboxylic acids is 2. The molecular weight excluding hydrogens is 448 g/mol. The van der Waals surface area contributed by atoms with Crippen LogP contribution < -0.4 is 15.0 Å². The Labute approximate surface area is 173 Å². The molecule has 3 rings (SSSR count). The van der Waals surface area contributed by atoms with Gasteiger partial charge in [0.15, 0.2) is 11.7 Å². The van der Waals surface area contributed by atoms with E-state index in [4.69, 9.17) is 22.1 Å². The average molecular weight is 461 g/mol. The molecule has 0 radical (unpaired) electrons. The van der Waals surface area contributed by atoms with Crippen molar-refractivity contribution in [2.75, 3.05) is 11.5 Å². The molecule has 0 unspecified atom stereocenters. The van der Waals surface area contributed by atoms with E-state index in [2.05, 4.69) is 21.2 Å². The van der Waals surface area contributed by atoms with Gasteiger partial charge in [-0.2, -0.15) is 0 Å². The maximum absolute atomic E-state index is 12.9. The molecule has 1 heterocycles. The molecule has 28 heavy (non-hydrogen) atoms. The Morgan fingerprint density at radius 2 is 1.79 bits per heavy atom. The molecule has 1 saturated heterocycles. The largest absolute Gasteiger partial charge is 0.482 e. The van der Waals surface area contributed by atoms with Crippen molar-refractivity contribution in [3.05, 3.63) is 64.1 Å². The number of ether oxygens (including phenoxy) is 1. The van der Waals surface area contributed by atoms with E-state index in [9.17, 15) is 14.4 Å². The van der Waals surface area contributed by atoms with Gasteiger partial charge in [-0.3, -0.25) is 19.8 Å². The number of carbonyl (C=O) groups is 3. The van der Waals surface area contributed by atoms with Crippen molar-refractivity contribution in [1.82, 2.24) is 5.32 Å². The van der Waals surface area contributed by atoms with Crippen LogP contribution in [-0.4, -0.2) is 34.6 Å². The predicted octanol–water partition coefficient (Wildman–Crippen LogP) is 2.74. The van der Waals surface area contributed by atoms with Gasteiger partial charge in [-0.15, -0.1) is 0 Å². The first-order valence-electron chi connectivity index (χ1n) is 7.97. The summed E-state index contributed by atoms with van der Waals surface area (Å²) in [5.41, 5.74) is 1.03. The van der Waals surface area contributed by atoms with E-state index in [1.165, 1.54) is 11.0 Å². The zero-order chi connectivity index (χ0) is 20.3. The van der Waals surface area contributed by atoms with Gasteiger partial charge in [-0.1, -0.05) is 28.1 Å². The molecule has 0 aromatic heterocycles. The lowest BCUT2D eigenvalue weighted by molar-refractivity contribution is -0.139. The van der Waals surface area contributed by atoms with Crippen LogP contribution >= 0.6 is 28.1 Å². The number of halogens is 1. The molecular formula is C19H13BrN2O5S. The summed E-state index contributed by atoms with van der Waals surface area (Å²) in [6.07, 6.45) is 1.44. The number of amides is 2. The Hall–Kier alpha value is -3.04. The molecule has 0 bridgehead atoms. The number of aliphatic carboxylic acids is 1. The minimum absolute atomic E-state index is 0.00638. The quantitative estimate of drug-likeness (QED) is 0.404. The monoisotopic (exact) mass is 460 g/mol. The van der Waals surface area contributed by atoms with E-state index < -0.39 is 24.4 Å². The molecule has 2 amide bonds. The van der Waals surface area contributed by atoms with Gasteiger partial charge in [0.05, 0.1) is 5.69 Å². The number of hydrogen-bond acceptors (Lipinski definition) is 5. The van der Waals surface area contributed by atoms with Gasteiger partial charge >= 0.3 is 5.97 Å². The number of anilines is 1. The maximum atomic E-state index is 12.9. The van der Waals surface area contributed by atoms with Crippen molar-refractivity contribution in [2.24, 2.45) is 0 Å². The van der Waals surface area contributed by atoms with Crippen molar-refractivity contribution in [3.8, 4) is 5.75 Å². The first kappa shape index (κ1) is 19.7. The molecule has 2 aromatic rings. The van der Waals surface area contributed by atoms with Crippen LogP contribution in [0.4, 0.5) is 5.69 Å². The molecule has 1 fully saturated rings. The fourth-order valence-corrected chi connectivity index (χ4v) is 3.00. The molecule has 1 aliphatic rings. The van der Waals surface area contributed by atoms with Crippen LogP contribution in [0.25, 0.3) is 6.08 Å². The smallest absolute Gasteiger partial charge is 0.341 e. The molecule has 0 spiro atoms. The fourth-order valence-electron chi connectivity index (χ4n) is 2.45. The molecule has 1 aliphatic heterocycles.